The van der Waals surface area contributed by atoms with Crippen molar-refractivity contribution in [3.05, 3.63) is 42.5 Å². The fourth-order valence-electron chi connectivity index (χ4n) is 3.94. The average Bonchev–Trinajstić information content (AvgIpc) is 2.81. The van der Waals surface area contributed by atoms with Gasteiger partial charge >= 0.3 is 0 Å². The zero-order chi connectivity index (χ0) is 23.6. The van der Waals surface area contributed by atoms with E-state index in [4.69, 9.17) is 4.74 Å². The lowest BCUT2D eigenvalue weighted by Gasteiger charge is -2.31. The number of rotatable bonds is 6. The number of hydrogen-bond acceptors (Lipinski definition) is 6. The molecule has 0 radical (unpaired) electrons. The Hall–Kier alpha value is -2.56. The summed E-state index contributed by atoms with van der Waals surface area (Å²) in [4.78, 5) is 25.8. The second-order valence-electron chi connectivity index (χ2n) is 8.00. The highest BCUT2D eigenvalue weighted by Gasteiger charge is 2.33. The first-order valence-corrected chi connectivity index (χ1v) is 13.3. The Morgan fingerprint density at radius 2 is 1.94 bits per heavy atom. The molecule has 4 rings (SSSR count). The number of thioether (sulfide) groups is 1. The van der Waals surface area contributed by atoms with Gasteiger partial charge in [0.1, 0.15) is 5.75 Å². The summed E-state index contributed by atoms with van der Waals surface area (Å²) in [7, 11) is -3.73. The molecule has 2 aromatic carbocycles. The molecule has 0 unspecified atom stereocenters. The van der Waals surface area contributed by atoms with Crippen LogP contribution in [0.25, 0.3) is 0 Å². The summed E-state index contributed by atoms with van der Waals surface area (Å²) in [6.07, 6.45) is 0.855. The number of para-hydroxylation sites is 2. The monoisotopic (exact) mass is 489 g/mol. The lowest BCUT2D eigenvalue weighted by Crippen LogP contribution is -2.41. The van der Waals surface area contributed by atoms with Crippen LogP contribution in [0, 0.1) is 5.92 Å². The Bertz CT molecular complexity index is 1160. The molecule has 1 saturated heterocycles. The molecule has 0 aromatic heterocycles. The zero-order valence-corrected chi connectivity index (χ0v) is 20.2. The minimum absolute atomic E-state index is 0.137. The average molecular weight is 490 g/mol. The Morgan fingerprint density at radius 1 is 1.21 bits per heavy atom. The summed E-state index contributed by atoms with van der Waals surface area (Å²) in [6, 6.07) is 12.1. The quantitative estimate of drug-likeness (QED) is 0.643. The van der Waals surface area contributed by atoms with Crippen molar-refractivity contribution < 1.29 is 22.7 Å². The number of amides is 2. The Balaban J connectivity index is 1.41. The van der Waals surface area contributed by atoms with Gasteiger partial charge in [-0.3, -0.25) is 9.59 Å². The number of ether oxygens (including phenoxy) is 1. The number of carbonyl (C=O) groups excluding carboxylic acids is 2. The Morgan fingerprint density at radius 3 is 2.67 bits per heavy atom. The van der Waals surface area contributed by atoms with Crippen molar-refractivity contribution in [1.29, 1.82) is 0 Å². The van der Waals surface area contributed by atoms with Gasteiger partial charge in [0.2, 0.25) is 21.8 Å². The number of nitrogens with zero attached hydrogens (tertiary/aromatic N) is 1. The van der Waals surface area contributed by atoms with Gasteiger partial charge in [0.05, 0.1) is 28.1 Å². The second kappa shape index (κ2) is 9.74. The first-order valence-electron chi connectivity index (χ1n) is 10.9. The maximum Gasteiger partial charge on any atom is 0.243 e. The van der Waals surface area contributed by atoms with E-state index in [-0.39, 0.29) is 41.0 Å². The largest absolute Gasteiger partial charge is 0.492 e. The summed E-state index contributed by atoms with van der Waals surface area (Å²) in [5.74, 6) is 0.0499. The van der Waals surface area contributed by atoms with Gasteiger partial charge in [-0.05, 0) is 57.0 Å². The van der Waals surface area contributed by atoms with Crippen molar-refractivity contribution in [1.82, 2.24) is 4.31 Å². The van der Waals surface area contributed by atoms with Crippen molar-refractivity contribution in [2.24, 2.45) is 5.92 Å². The van der Waals surface area contributed by atoms with Gasteiger partial charge < -0.3 is 15.4 Å². The molecule has 2 amide bonds. The second-order valence-corrected chi connectivity index (χ2v) is 11.3. The number of anilines is 2. The number of hydrogen-bond donors (Lipinski definition) is 2. The highest BCUT2D eigenvalue weighted by Crippen LogP contribution is 2.37. The normalized spacial score (nSPS) is 19.5. The molecule has 2 aliphatic rings. The predicted molar refractivity (Wildman–Crippen MR) is 128 cm³/mol. The number of piperidine rings is 1. The highest BCUT2D eigenvalue weighted by molar-refractivity contribution is 8.01. The Kier molecular flexibility index (Phi) is 6.96. The first kappa shape index (κ1) is 23.6. The van der Waals surface area contributed by atoms with Crippen molar-refractivity contribution in [2.75, 3.05) is 30.3 Å². The maximum absolute atomic E-state index is 13.2. The van der Waals surface area contributed by atoms with Crippen LogP contribution in [0.3, 0.4) is 0 Å². The van der Waals surface area contributed by atoms with Crippen molar-refractivity contribution in [3.63, 3.8) is 0 Å². The van der Waals surface area contributed by atoms with E-state index in [1.165, 1.54) is 22.1 Å². The third kappa shape index (κ3) is 5.02. The standard InChI is InChI=1S/C23H27N3O5S2/c1-3-31-20-7-5-4-6-18(20)24-23(28)16-10-12-26(13-11-16)33(29,30)17-8-9-21-19(14-17)25-22(27)15(2)32-21/h4-9,14-16H,3,10-13H2,1-2H3,(H,24,28)(H,25,27)/t15-/m1/s1. The third-order valence-corrected chi connectivity index (χ3v) is 8.86. The number of nitrogens with one attached hydrogen (secondary N) is 2. The van der Waals surface area contributed by atoms with E-state index in [1.54, 1.807) is 24.3 Å². The molecule has 1 fully saturated rings. The van der Waals surface area contributed by atoms with E-state index in [0.717, 1.165) is 4.90 Å². The fourth-order valence-corrected chi connectivity index (χ4v) is 6.37. The van der Waals surface area contributed by atoms with E-state index in [2.05, 4.69) is 10.6 Å². The van der Waals surface area contributed by atoms with Gasteiger partial charge in [-0.15, -0.1) is 11.8 Å². The number of fused-ring (bicyclic) bond motifs is 1. The molecule has 1 atom stereocenters. The minimum Gasteiger partial charge on any atom is -0.492 e. The maximum atomic E-state index is 13.2. The Labute approximate surface area is 198 Å². The lowest BCUT2D eigenvalue weighted by atomic mass is 9.97. The summed E-state index contributed by atoms with van der Waals surface area (Å²) in [6.45, 7) is 4.69. The first-order chi connectivity index (χ1) is 15.8. The van der Waals surface area contributed by atoms with Crippen LogP contribution in [0.2, 0.25) is 0 Å². The highest BCUT2D eigenvalue weighted by atomic mass is 32.2. The number of carbonyl (C=O) groups is 2. The van der Waals surface area contributed by atoms with Crippen LogP contribution in [0.15, 0.2) is 52.3 Å². The van der Waals surface area contributed by atoms with Gasteiger partial charge in [-0.25, -0.2) is 8.42 Å². The van der Waals surface area contributed by atoms with Crippen LogP contribution in [-0.2, 0) is 19.6 Å². The number of benzene rings is 2. The molecule has 2 aromatic rings. The van der Waals surface area contributed by atoms with Crippen LogP contribution in [0.5, 0.6) is 5.75 Å². The molecule has 2 aliphatic heterocycles. The molecule has 10 heteroatoms. The van der Waals surface area contributed by atoms with Gasteiger partial charge in [-0.2, -0.15) is 4.31 Å². The molecule has 0 spiro atoms. The van der Waals surface area contributed by atoms with Gasteiger partial charge in [-0.1, -0.05) is 12.1 Å². The van der Waals surface area contributed by atoms with Crippen LogP contribution >= 0.6 is 11.8 Å². The molecule has 176 valence electrons. The van der Waals surface area contributed by atoms with E-state index in [1.807, 2.05) is 26.0 Å². The molecule has 0 saturated carbocycles. The SMILES string of the molecule is CCOc1ccccc1NC(=O)C1CCN(S(=O)(=O)c2ccc3c(c2)NC(=O)[C@@H](C)S3)CC1. The minimum atomic E-state index is -3.73. The summed E-state index contributed by atoms with van der Waals surface area (Å²) < 4.78 is 33.4. The van der Waals surface area contributed by atoms with E-state index in [0.29, 0.717) is 36.6 Å². The molecular weight excluding hydrogens is 462 g/mol. The summed E-state index contributed by atoms with van der Waals surface area (Å²) in [5.41, 5.74) is 1.13. The topological polar surface area (TPSA) is 105 Å². The summed E-state index contributed by atoms with van der Waals surface area (Å²) >= 11 is 1.41. The zero-order valence-electron chi connectivity index (χ0n) is 18.5. The molecule has 2 heterocycles. The van der Waals surface area contributed by atoms with Crippen molar-refractivity contribution in [3.8, 4) is 5.75 Å². The van der Waals surface area contributed by atoms with E-state index < -0.39 is 10.0 Å². The molecule has 33 heavy (non-hydrogen) atoms. The summed E-state index contributed by atoms with van der Waals surface area (Å²) in [5, 5.41) is 5.48. The van der Waals surface area contributed by atoms with Crippen molar-refractivity contribution in [2.45, 2.75) is 41.7 Å². The molecule has 8 nitrogen and oxygen atoms in total. The third-order valence-electron chi connectivity index (χ3n) is 5.79. The molecular formula is C23H27N3O5S2. The van der Waals surface area contributed by atoms with Crippen LogP contribution in [0.4, 0.5) is 11.4 Å². The van der Waals surface area contributed by atoms with E-state index in [9.17, 15) is 18.0 Å². The van der Waals surface area contributed by atoms with Crippen molar-refractivity contribution >= 4 is 45.0 Å². The van der Waals surface area contributed by atoms with Crippen LogP contribution in [-0.4, -0.2) is 49.5 Å². The number of sulfonamides is 1. The smallest absolute Gasteiger partial charge is 0.243 e. The predicted octanol–water partition coefficient (Wildman–Crippen LogP) is 3.56. The van der Waals surface area contributed by atoms with Gasteiger partial charge in [0.25, 0.3) is 0 Å². The van der Waals surface area contributed by atoms with E-state index >= 15 is 0 Å². The molecule has 0 aliphatic carbocycles. The van der Waals surface area contributed by atoms with Crippen LogP contribution < -0.4 is 15.4 Å². The molecule has 0 bridgehead atoms. The lowest BCUT2D eigenvalue weighted by molar-refractivity contribution is -0.121. The molecule has 2 N–H and O–H groups in total. The van der Waals surface area contributed by atoms with Gasteiger partial charge in [0, 0.05) is 23.9 Å². The van der Waals surface area contributed by atoms with Crippen LogP contribution in [0.1, 0.15) is 26.7 Å². The van der Waals surface area contributed by atoms with Gasteiger partial charge in [0.15, 0.2) is 0 Å². The fraction of sp³-hybridized carbons (Fsp3) is 0.391.